The molecule has 3 heteroatoms. The van der Waals surface area contributed by atoms with Gasteiger partial charge in [-0.05, 0) is 26.3 Å². The number of aryl methyl sites for hydroxylation is 3. The SMILES string of the molecule is Cc1ccc2c(C)n(C)c(=O)c(C)c2c1F. The summed E-state index contributed by atoms with van der Waals surface area (Å²) in [5.74, 6) is -0.282. The van der Waals surface area contributed by atoms with Crippen LogP contribution >= 0.6 is 0 Å². The van der Waals surface area contributed by atoms with E-state index in [1.165, 1.54) is 0 Å². The topological polar surface area (TPSA) is 22.0 Å². The number of rotatable bonds is 0. The average molecular weight is 219 g/mol. The summed E-state index contributed by atoms with van der Waals surface area (Å²) in [7, 11) is 1.71. The number of fused-ring (bicyclic) bond motifs is 1. The maximum atomic E-state index is 14.0. The number of nitrogens with zero attached hydrogens (tertiary/aromatic N) is 1. The fourth-order valence-electron chi connectivity index (χ4n) is 2.04. The van der Waals surface area contributed by atoms with E-state index in [-0.39, 0.29) is 11.4 Å². The molecule has 1 aromatic heterocycles. The highest BCUT2D eigenvalue weighted by atomic mass is 19.1. The van der Waals surface area contributed by atoms with Gasteiger partial charge < -0.3 is 4.57 Å². The lowest BCUT2D eigenvalue weighted by Gasteiger charge is -2.12. The second-order valence-electron chi connectivity index (χ2n) is 4.19. The third-order valence-corrected chi connectivity index (χ3v) is 3.23. The van der Waals surface area contributed by atoms with Gasteiger partial charge in [0.2, 0.25) is 0 Å². The number of benzene rings is 1. The molecule has 0 saturated carbocycles. The summed E-state index contributed by atoms with van der Waals surface area (Å²) in [5, 5.41) is 1.27. The van der Waals surface area contributed by atoms with E-state index >= 15 is 0 Å². The Morgan fingerprint density at radius 1 is 1.19 bits per heavy atom. The Labute approximate surface area is 93.3 Å². The lowest BCUT2D eigenvalue weighted by Crippen LogP contribution is -2.22. The van der Waals surface area contributed by atoms with Gasteiger partial charge in [-0.3, -0.25) is 4.79 Å². The minimum Gasteiger partial charge on any atom is -0.315 e. The van der Waals surface area contributed by atoms with Crippen LogP contribution in [-0.2, 0) is 7.05 Å². The normalized spacial score (nSPS) is 11.1. The number of hydrogen-bond acceptors (Lipinski definition) is 1. The maximum Gasteiger partial charge on any atom is 0.254 e. The molecule has 0 aliphatic carbocycles. The summed E-state index contributed by atoms with van der Waals surface area (Å²) in [5.41, 5.74) is 1.71. The summed E-state index contributed by atoms with van der Waals surface area (Å²) in [4.78, 5) is 11.9. The molecule has 0 unspecified atom stereocenters. The van der Waals surface area contributed by atoms with Crippen molar-refractivity contribution in [3.63, 3.8) is 0 Å². The summed E-state index contributed by atoms with van der Waals surface area (Å²) in [6.07, 6.45) is 0. The van der Waals surface area contributed by atoms with Crippen molar-refractivity contribution >= 4 is 10.8 Å². The summed E-state index contributed by atoms with van der Waals surface area (Å²) >= 11 is 0. The quantitative estimate of drug-likeness (QED) is 0.667. The predicted octanol–water partition coefficient (Wildman–Crippen LogP) is 2.60. The summed E-state index contributed by atoms with van der Waals surface area (Å²) < 4.78 is 15.6. The Morgan fingerprint density at radius 3 is 2.44 bits per heavy atom. The van der Waals surface area contributed by atoms with Crippen LogP contribution in [0.1, 0.15) is 16.8 Å². The fourth-order valence-corrected chi connectivity index (χ4v) is 2.04. The monoisotopic (exact) mass is 219 g/mol. The van der Waals surface area contributed by atoms with Gasteiger partial charge in [-0.25, -0.2) is 4.39 Å². The van der Waals surface area contributed by atoms with Crippen LogP contribution in [0.3, 0.4) is 0 Å². The molecular formula is C13H14FNO. The molecule has 16 heavy (non-hydrogen) atoms. The van der Waals surface area contributed by atoms with Gasteiger partial charge in [-0.1, -0.05) is 12.1 Å². The molecule has 0 amide bonds. The molecule has 0 saturated heterocycles. The molecule has 0 spiro atoms. The fraction of sp³-hybridized carbons (Fsp3) is 0.308. The van der Waals surface area contributed by atoms with E-state index in [0.29, 0.717) is 16.5 Å². The van der Waals surface area contributed by atoms with Crippen molar-refractivity contribution in [2.24, 2.45) is 7.05 Å². The second-order valence-corrected chi connectivity index (χ2v) is 4.19. The van der Waals surface area contributed by atoms with Crippen LogP contribution in [0, 0.1) is 26.6 Å². The van der Waals surface area contributed by atoms with Crippen molar-refractivity contribution < 1.29 is 4.39 Å². The molecule has 1 aromatic carbocycles. The van der Waals surface area contributed by atoms with Gasteiger partial charge in [0.25, 0.3) is 5.56 Å². The van der Waals surface area contributed by atoms with Crippen molar-refractivity contribution in [2.45, 2.75) is 20.8 Å². The van der Waals surface area contributed by atoms with Crippen LogP contribution in [0.5, 0.6) is 0 Å². The van der Waals surface area contributed by atoms with Gasteiger partial charge in [0.05, 0.1) is 0 Å². The van der Waals surface area contributed by atoms with Gasteiger partial charge in [-0.2, -0.15) is 0 Å². The molecule has 2 rings (SSSR count). The standard InChI is InChI=1S/C13H14FNO/c1-7-5-6-10-9(3)15(4)13(16)8(2)11(10)12(7)14/h5-6H,1-4H3. The van der Waals surface area contributed by atoms with Crippen molar-refractivity contribution in [1.29, 1.82) is 0 Å². The zero-order valence-electron chi connectivity index (χ0n) is 9.89. The molecule has 0 N–H and O–H groups in total. The van der Waals surface area contributed by atoms with Crippen molar-refractivity contribution in [3.05, 3.63) is 45.1 Å². The summed E-state index contributed by atoms with van der Waals surface area (Å²) in [6.45, 7) is 5.21. The van der Waals surface area contributed by atoms with Crippen LogP contribution < -0.4 is 5.56 Å². The van der Waals surface area contributed by atoms with Crippen LogP contribution in [-0.4, -0.2) is 4.57 Å². The highest BCUT2D eigenvalue weighted by molar-refractivity contribution is 5.88. The molecule has 0 fully saturated rings. The van der Waals surface area contributed by atoms with Gasteiger partial charge in [0, 0.05) is 29.1 Å². The number of halogens is 1. The second kappa shape index (κ2) is 3.44. The Hall–Kier alpha value is -1.64. The summed E-state index contributed by atoms with van der Waals surface area (Å²) in [6, 6.07) is 3.62. The number of hydrogen-bond donors (Lipinski definition) is 0. The van der Waals surface area contributed by atoms with Crippen molar-refractivity contribution in [1.82, 2.24) is 4.57 Å². The van der Waals surface area contributed by atoms with E-state index in [1.54, 1.807) is 31.5 Å². The first-order valence-electron chi connectivity index (χ1n) is 5.20. The average Bonchev–Trinajstić information content (AvgIpc) is 2.27. The van der Waals surface area contributed by atoms with Crippen LogP contribution in [0.25, 0.3) is 10.8 Å². The predicted molar refractivity (Wildman–Crippen MR) is 63.4 cm³/mol. The molecule has 2 aromatic rings. The highest BCUT2D eigenvalue weighted by Gasteiger charge is 2.13. The van der Waals surface area contributed by atoms with E-state index in [0.717, 1.165) is 11.1 Å². The number of pyridine rings is 1. The van der Waals surface area contributed by atoms with Gasteiger partial charge in [0.1, 0.15) is 5.82 Å². The Balaban J connectivity index is 3.15. The maximum absolute atomic E-state index is 14.0. The molecule has 1 heterocycles. The van der Waals surface area contributed by atoms with E-state index in [4.69, 9.17) is 0 Å². The van der Waals surface area contributed by atoms with Crippen LogP contribution in [0.4, 0.5) is 4.39 Å². The lowest BCUT2D eigenvalue weighted by molar-refractivity contribution is 0.629. The minimum absolute atomic E-state index is 0.130. The van der Waals surface area contributed by atoms with Gasteiger partial charge >= 0.3 is 0 Å². The first kappa shape index (κ1) is 10.9. The van der Waals surface area contributed by atoms with E-state index < -0.39 is 0 Å². The van der Waals surface area contributed by atoms with E-state index in [9.17, 15) is 9.18 Å². The highest BCUT2D eigenvalue weighted by Crippen LogP contribution is 2.24. The molecular weight excluding hydrogens is 205 g/mol. The smallest absolute Gasteiger partial charge is 0.254 e. The molecule has 0 atom stereocenters. The molecule has 0 aliphatic heterocycles. The third kappa shape index (κ3) is 1.28. The Bertz CT molecular complexity index is 641. The zero-order valence-corrected chi connectivity index (χ0v) is 9.89. The Morgan fingerprint density at radius 2 is 1.81 bits per heavy atom. The number of aromatic nitrogens is 1. The van der Waals surface area contributed by atoms with Crippen LogP contribution in [0.2, 0.25) is 0 Å². The minimum atomic E-state index is -0.282. The van der Waals surface area contributed by atoms with Gasteiger partial charge in [-0.15, -0.1) is 0 Å². The third-order valence-electron chi connectivity index (χ3n) is 3.23. The van der Waals surface area contributed by atoms with Crippen molar-refractivity contribution in [2.75, 3.05) is 0 Å². The van der Waals surface area contributed by atoms with E-state index in [1.807, 2.05) is 13.0 Å². The van der Waals surface area contributed by atoms with Gasteiger partial charge in [0.15, 0.2) is 0 Å². The molecule has 84 valence electrons. The Kier molecular flexibility index (Phi) is 2.34. The first-order chi connectivity index (χ1) is 7.45. The molecule has 0 aliphatic rings. The molecule has 2 nitrogen and oxygen atoms in total. The molecule has 0 radical (unpaired) electrons. The largest absolute Gasteiger partial charge is 0.315 e. The van der Waals surface area contributed by atoms with Crippen LogP contribution in [0.15, 0.2) is 16.9 Å². The first-order valence-corrected chi connectivity index (χ1v) is 5.20. The molecule has 0 bridgehead atoms. The zero-order chi connectivity index (χ0) is 12.0. The van der Waals surface area contributed by atoms with E-state index in [2.05, 4.69) is 0 Å². The van der Waals surface area contributed by atoms with Crippen molar-refractivity contribution in [3.8, 4) is 0 Å². The lowest BCUT2D eigenvalue weighted by atomic mass is 10.0.